The highest BCUT2D eigenvalue weighted by atomic mass is 16.5. The number of ether oxygens (including phenoxy) is 1. The predicted octanol–water partition coefficient (Wildman–Crippen LogP) is 1.62. The van der Waals surface area contributed by atoms with Gasteiger partial charge in [-0.05, 0) is 31.0 Å². The van der Waals surface area contributed by atoms with E-state index in [4.69, 9.17) is 4.74 Å². The lowest BCUT2D eigenvalue weighted by atomic mass is 10.1. The highest BCUT2D eigenvalue weighted by Gasteiger charge is 2.01. The summed E-state index contributed by atoms with van der Waals surface area (Å²) in [5.41, 5.74) is 1.14. The molecule has 1 aromatic heterocycles. The Morgan fingerprint density at radius 3 is 2.79 bits per heavy atom. The minimum Gasteiger partial charge on any atom is -0.374 e. The predicted molar refractivity (Wildman–Crippen MR) is 54.1 cm³/mol. The van der Waals surface area contributed by atoms with Crippen molar-refractivity contribution in [3.8, 4) is 0 Å². The van der Waals surface area contributed by atoms with Gasteiger partial charge in [-0.25, -0.2) is 0 Å². The molecule has 0 aliphatic heterocycles. The molecule has 0 fully saturated rings. The Hall–Kier alpha value is -1.22. The number of aromatic nitrogens is 1. The fourth-order valence-electron chi connectivity index (χ4n) is 1.12. The Morgan fingerprint density at radius 2 is 2.14 bits per heavy atom. The molecule has 0 unspecified atom stereocenters. The van der Waals surface area contributed by atoms with Crippen molar-refractivity contribution < 1.29 is 9.53 Å². The molecule has 0 bridgehead atoms. The van der Waals surface area contributed by atoms with Crippen LogP contribution in [0.3, 0.4) is 0 Å². The normalized spacial score (nSPS) is 10.1. The zero-order valence-corrected chi connectivity index (χ0v) is 8.40. The van der Waals surface area contributed by atoms with Crippen LogP contribution in [0.2, 0.25) is 0 Å². The van der Waals surface area contributed by atoms with Crippen LogP contribution in [-0.2, 0) is 16.0 Å². The maximum absolute atomic E-state index is 11.2. The van der Waals surface area contributed by atoms with Gasteiger partial charge >= 0.3 is 0 Å². The molecular weight excluding hydrogens is 178 g/mol. The molecule has 1 heterocycles. The van der Waals surface area contributed by atoms with Gasteiger partial charge in [-0.15, -0.1) is 0 Å². The number of ketones is 1. The zero-order chi connectivity index (χ0) is 10.2. The van der Waals surface area contributed by atoms with Crippen LogP contribution in [0.4, 0.5) is 0 Å². The third-order valence-corrected chi connectivity index (χ3v) is 1.91. The lowest BCUT2D eigenvalue weighted by Crippen LogP contribution is -2.09. The number of pyridine rings is 1. The van der Waals surface area contributed by atoms with Gasteiger partial charge in [-0.2, -0.15) is 0 Å². The highest BCUT2D eigenvalue weighted by molar-refractivity contribution is 5.79. The molecule has 76 valence electrons. The summed E-state index contributed by atoms with van der Waals surface area (Å²) in [5.74, 6) is 0.156. The largest absolute Gasteiger partial charge is 0.374 e. The zero-order valence-electron chi connectivity index (χ0n) is 8.40. The number of hydrogen-bond donors (Lipinski definition) is 0. The summed E-state index contributed by atoms with van der Waals surface area (Å²) in [7, 11) is 0. The quantitative estimate of drug-likeness (QED) is 0.689. The maximum atomic E-state index is 11.2. The van der Waals surface area contributed by atoms with E-state index >= 15 is 0 Å². The first-order valence-corrected chi connectivity index (χ1v) is 4.81. The Balaban J connectivity index is 2.24. The van der Waals surface area contributed by atoms with E-state index in [1.807, 2.05) is 19.1 Å². The molecule has 0 aliphatic carbocycles. The molecular formula is C11H15NO2. The maximum Gasteiger partial charge on any atom is 0.158 e. The number of nitrogens with zero attached hydrogens (tertiary/aromatic N) is 1. The van der Waals surface area contributed by atoms with E-state index in [1.165, 1.54) is 0 Å². The second-order valence-corrected chi connectivity index (χ2v) is 3.03. The lowest BCUT2D eigenvalue weighted by molar-refractivity contribution is -0.123. The minimum absolute atomic E-state index is 0.156. The van der Waals surface area contributed by atoms with Gasteiger partial charge in [0.1, 0.15) is 6.61 Å². The third kappa shape index (κ3) is 4.14. The van der Waals surface area contributed by atoms with Gasteiger partial charge in [0.15, 0.2) is 5.78 Å². The van der Waals surface area contributed by atoms with Crippen molar-refractivity contribution in [3.05, 3.63) is 30.1 Å². The van der Waals surface area contributed by atoms with E-state index in [-0.39, 0.29) is 12.4 Å². The molecule has 0 spiro atoms. The summed E-state index contributed by atoms with van der Waals surface area (Å²) >= 11 is 0. The van der Waals surface area contributed by atoms with Crippen LogP contribution in [0.5, 0.6) is 0 Å². The van der Waals surface area contributed by atoms with Crippen LogP contribution in [0, 0.1) is 0 Å². The average Bonchev–Trinajstić information content (AvgIpc) is 2.25. The standard InChI is InChI=1S/C11H15NO2/c1-2-14-9-11(13)4-3-10-5-7-12-8-6-10/h5-8H,2-4,9H2,1H3. The molecule has 1 aromatic rings. The van der Waals surface area contributed by atoms with Gasteiger partial charge in [-0.1, -0.05) is 0 Å². The summed E-state index contributed by atoms with van der Waals surface area (Å²) in [6.07, 6.45) is 4.79. The summed E-state index contributed by atoms with van der Waals surface area (Å²) in [6.45, 7) is 2.72. The highest BCUT2D eigenvalue weighted by Crippen LogP contribution is 2.01. The summed E-state index contributed by atoms with van der Waals surface area (Å²) in [5, 5.41) is 0. The number of carbonyl (C=O) groups is 1. The number of hydrogen-bond acceptors (Lipinski definition) is 3. The van der Waals surface area contributed by atoms with E-state index in [1.54, 1.807) is 12.4 Å². The van der Waals surface area contributed by atoms with Crippen LogP contribution in [0.15, 0.2) is 24.5 Å². The van der Waals surface area contributed by atoms with Crippen LogP contribution in [0.1, 0.15) is 18.9 Å². The summed E-state index contributed by atoms with van der Waals surface area (Å²) < 4.78 is 5.02. The van der Waals surface area contributed by atoms with Crippen molar-refractivity contribution in [3.63, 3.8) is 0 Å². The van der Waals surface area contributed by atoms with Crippen LogP contribution in [-0.4, -0.2) is 24.0 Å². The fraction of sp³-hybridized carbons (Fsp3) is 0.455. The second-order valence-electron chi connectivity index (χ2n) is 3.03. The van der Waals surface area contributed by atoms with Crippen molar-refractivity contribution >= 4 is 5.78 Å². The molecule has 0 N–H and O–H groups in total. The Bertz CT molecular complexity index is 272. The molecule has 3 nitrogen and oxygen atoms in total. The molecule has 14 heavy (non-hydrogen) atoms. The number of carbonyl (C=O) groups excluding carboxylic acids is 1. The smallest absolute Gasteiger partial charge is 0.158 e. The van der Waals surface area contributed by atoms with E-state index in [0.717, 1.165) is 12.0 Å². The number of rotatable bonds is 6. The molecule has 0 atom stereocenters. The van der Waals surface area contributed by atoms with Crippen LogP contribution >= 0.6 is 0 Å². The van der Waals surface area contributed by atoms with Crippen LogP contribution in [0.25, 0.3) is 0 Å². The summed E-state index contributed by atoms with van der Waals surface area (Å²) in [4.78, 5) is 15.1. The number of aryl methyl sites for hydroxylation is 1. The van der Waals surface area contributed by atoms with Gasteiger partial charge in [0, 0.05) is 25.4 Å². The Morgan fingerprint density at radius 1 is 1.43 bits per heavy atom. The number of Topliss-reactive ketones (excluding diaryl/α,β-unsaturated/α-hetero) is 1. The SMILES string of the molecule is CCOCC(=O)CCc1ccncc1. The molecule has 3 heteroatoms. The van der Waals surface area contributed by atoms with Gasteiger partial charge in [0.2, 0.25) is 0 Å². The first-order chi connectivity index (χ1) is 6.83. The molecule has 1 rings (SSSR count). The Kier molecular flexibility index (Phi) is 4.86. The average molecular weight is 193 g/mol. The van der Waals surface area contributed by atoms with Crippen molar-refractivity contribution in [1.29, 1.82) is 0 Å². The van der Waals surface area contributed by atoms with Gasteiger partial charge in [0.25, 0.3) is 0 Å². The van der Waals surface area contributed by atoms with E-state index in [2.05, 4.69) is 4.98 Å². The molecule has 0 aliphatic rings. The Labute approximate surface area is 84.1 Å². The molecule has 0 radical (unpaired) electrons. The first kappa shape index (κ1) is 10.9. The third-order valence-electron chi connectivity index (χ3n) is 1.91. The van der Waals surface area contributed by atoms with E-state index in [9.17, 15) is 4.79 Å². The molecule has 0 saturated carbocycles. The lowest BCUT2D eigenvalue weighted by Gasteiger charge is -2.01. The fourth-order valence-corrected chi connectivity index (χ4v) is 1.12. The van der Waals surface area contributed by atoms with Gasteiger partial charge in [0.05, 0.1) is 0 Å². The van der Waals surface area contributed by atoms with Crippen molar-refractivity contribution in [2.45, 2.75) is 19.8 Å². The van der Waals surface area contributed by atoms with Crippen molar-refractivity contribution in [1.82, 2.24) is 4.98 Å². The minimum atomic E-state index is 0.156. The monoisotopic (exact) mass is 193 g/mol. The first-order valence-electron chi connectivity index (χ1n) is 4.81. The van der Waals surface area contributed by atoms with Gasteiger partial charge in [-0.3, -0.25) is 9.78 Å². The molecule has 0 saturated heterocycles. The second kappa shape index (κ2) is 6.27. The topological polar surface area (TPSA) is 39.2 Å². The molecule has 0 aromatic carbocycles. The molecule has 0 amide bonds. The van der Waals surface area contributed by atoms with Crippen molar-refractivity contribution in [2.24, 2.45) is 0 Å². The van der Waals surface area contributed by atoms with Crippen molar-refractivity contribution in [2.75, 3.05) is 13.2 Å². The van der Waals surface area contributed by atoms with Gasteiger partial charge < -0.3 is 4.74 Å². The van der Waals surface area contributed by atoms with E-state index in [0.29, 0.717) is 13.0 Å². The summed E-state index contributed by atoms with van der Waals surface area (Å²) in [6, 6.07) is 3.85. The van der Waals surface area contributed by atoms with Crippen LogP contribution < -0.4 is 0 Å². The van der Waals surface area contributed by atoms with E-state index < -0.39 is 0 Å².